The number of benzene rings is 2. The molecule has 1 heterocycles. The highest BCUT2D eigenvalue weighted by atomic mass is 16.3. The molecule has 0 spiro atoms. The van der Waals surface area contributed by atoms with E-state index in [2.05, 4.69) is 5.32 Å². The Bertz CT molecular complexity index is 578. The van der Waals surface area contributed by atoms with E-state index >= 15 is 0 Å². The quantitative estimate of drug-likeness (QED) is 0.782. The Labute approximate surface area is 98.7 Å². The maximum atomic E-state index is 11.5. The van der Waals surface area contributed by atoms with E-state index in [1.165, 1.54) is 0 Å². The molecule has 0 radical (unpaired) electrons. The minimum Gasteiger partial charge on any atom is -0.378 e. The summed E-state index contributed by atoms with van der Waals surface area (Å²) in [5, 5.41) is 12.4. The first-order chi connectivity index (χ1) is 8.27. The minimum absolute atomic E-state index is 0.358. The average Bonchev–Trinajstić information content (AvgIpc) is 2.67. The van der Waals surface area contributed by atoms with Crippen LogP contribution in [0.2, 0.25) is 0 Å². The van der Waals surface area contributed by atoms with Crippen molar-refractivity contribution in [2.45, 2.75) is 6.10 Å². The molecule has 0 saturated carbocycles. The van der Waals surface area contributed by atoms with E-state index < -0.39 is 6.10 Å². The SMILES string of the molecule is O=C1Nc2c(-c3ccccc3)cccc2C1O. The third-order valence-electron chi connectivity index (χ3n) is 2.97. The van der Waals surface area contributed by atoms with Crippen molar-refractivity contribution in [2.24, 2.45) is 0 Å². The number of aliphatic hydroxyl groups excluding tert-OH is 1. The highest BCUT2D eigenvalue weighted by molar-refractivity contribution is 6.05. The molecule has 3 rings (SSSR count). The molecule has 1 atom stereocenters. The van der Waals surface area contributed by atoms with Gasteiger partial charge in [-0.3, -0.25) is 4.79 Å². The van der Waals surface area contributed by atoms with Crippen LogP contribution < -0.4 is 5.32 Å². The van der Waals surface area contributed by atoms with Gasteiger partial charge in [-0.1, -0.05) is 48.5 Å². The lowest BCUT2D eigenvalue weighted by atomic mass is 10.00. The fraction of sp³-hybridized carbons (Fsp3) is 0.0714. The second-order valence-electron chi connectivity index (χ2n) is 4.03. The molecule has 1 aliphatic rings. The molecule has 0 aliphatic carbocycles. The molecule has 2 aromatic rings. The van der Waals surface area contributed by atoms with Crippen LogP contribution in [0.25, 0.3) is 11.1 Å². The third-order valence-corrected chi connectivity index (χ3v) is 2.97. The zero-order valence-corrected chi connectivity index (χ0v) is 9.05. The van der Waals surface area contributed by atoms with E-state index in [-0.39, 0.29) is 5.91 Å². The molecule has 3 heteroatoms. The first-order valence-electron chi connectivity index (χ1n) is 5.44. The van der Waals surface area contributed by atoms with Crippen molar-refractivity contribution in [3.63, 3.8) is 0 Å². The van der Waals surface area contributed by atoms with Crippen molar-refractivity contribution >= 4 is 11.6 Å². The van der Waals surface area contributed by atoms with E-state index in [4.69, 9.17) is 0 Å². The summed E-state index contributed by atoms with van der Waals surface area (Å²) in [6, 6.07) is 15.4. The highest BCUT2D eigenvalue weighted by Gasteiger charge is 2.30. The number of carbonyl (C=O) groups is 1. The second-order valence-corrected chi connectivity index (χ2v) is 4.03. The summed E-state index contributed by atoms with van der Waals surface area (Å²) in [5.74, 6) is -0.358. The lowest BCUT2D eigenvalue weighted by molar-refractivity contribution is -0.123. The molecule has 0 bridgehead atoms. The van der Waals surface area contributed by atoms with Crippen LogP contribution >= 0.6 is 0 Å². The maximum Gasteiger partial charge on any atom is 0.257 e. The number of nitrogens with one attached hydrogen (secondary N) is 1. The van der Waals surface area contributed by atoms with Gasteiger partial charge in [-0.25, -0.2) is 0 Å². The molecule has 0 saturated heterocycles. The molecular weight excluding hydrogens is 214 g/mol. The zero-order chi connectivity index (χ0) is 11.8. The molecule has 2 N–H and O–H groups in total. The summed E-state index contributed by atoms with van der Waals surface area (Å²) >= 11 is 0. The lowest BCUT2D eigenvalue weighted by Crippen LogP contribution is -2.10. The largest absolute Gasteiger partial charge is 0.378 e. The summed E-state index contributed by atoms with van der Waals surface area (Å²) in [6.07, 6.45) is -1.05. The van der Waals surface area contributed by atoms with Gasteiger partial charge in [-0.05, 0) is 5.56 Å². The minimum atomic E-state index is -1.05. The van der Waals surface area contributed by atoms with E-state index in [1.54, 1.807) is 6.07 Å². The lowest BCUT2D eigenvalue weighted by Gasteiger charge is -2.07. The van der Waals surface area contributed by atoms with Gasteiger partial charge >= 0.3 is 0 Å². The van der Waals surface area contributed by atoms with Crippen molar-refractivity contribution in [2.75, 3.05) is 5.32 Å². The number of rotatable bonds is 1. The van der Waals surface area contributed by atoms with Gasteiger partial charge in [0.1, 0.15) is 0 Å². The third kappa shape index (κ3) is 1.52. The fourth-order valence-corrected chi connectivity index (χ4v) is 2.13. The number of carbonyl (C=O) groups excluding carboxylic acids is 1. The molecular formula is C14H11NO2. The predicted molar refractivity (Wildman–Crippen MR) is 65.5 cm³/mol. The molecule has 3 nitrogen and oxygen atoms in total. The van der Waals surface area contributed by atoms with Crippen molar-refractivity contribution < 1.29 is 9.90 Å². The van der Waals surface area contributed by atoms with Crippen LogP contribution in [-0.4, -0.2) is 11.0 Å². The first-order valence-corrected chi connectivity index (χ1v) is 5.44. The predicted octanol–water partition coefficient (Wildman–Crippen LogP) is 2.34. The number of hydrogen-bond acceptors (Lipinski definition) is 2. The van der Waals surface area contributed by atoms with Gasteiger partial charge in [-0.2, -0.15) is 0 Å². The summed E-state index contributed by atoms with van der Waals surface area (Å²) in [5.41, 5.74) is 3.33. The number of hydrogen-bond donors (Lipinski definition) is 2. The molecule has 1 aliphatic heterocycles. The van der Waals surface area contributed by atoms with Gasteiger partial charge < -0.3 is 10.4 Å². The molecule has 1 unspecified atom stereocenters. The normalized spacial score (nSPS) is 17.7. The highest BCUT2D eigenvalue weighted by Crippen LogP contribution is 2.38. The van der Waals surface area contributed by atoms with Crippen LogP contribution in [0.1, 0.15) is 11.7 Å². The van der Waals surface area contributed by atoms with Crippen LogP contribution in [0.3, 0.4) is 0 Å². The monoisotopic (exact) mass is 225 g/mol. The van der Waals surface area contributed by atoms with E-state index in [0.717, 1.165) is 16.8 Å². The fourth-order valence-electron chi connectivity index (χ4n) is 2.13. The van der Waals surface area contributed by atoms with Crippen molar-refractivity contribution in [1.29, 1.82) is 0 Å². The smallest absolute Gasteiger partial charge is 0.257 e. The first kappa shape index (κ1) is 10.1. The molecule has 84 valence electrons. The Morgan fingerprint density at radius 2 is 1.76 bits per heavy atom. The Morgan fingerprint density at radius 1 is 1.00 bits per heavy atom. The Hall–Kier alpha value is -2.13. The maximum absolute atomic E-state index is 11.5. The van der Waals surface area contributed by atoms with Crippen molar-refractivity contribution in [1.82, 2.24) is 0 Å². The van der Waals surface area contributed by atoms with E-state index in [0.29, 0.717) is 5.56 Å². The zero-order valence-electron chi connectivity index (χ0n) is 9.05. The number of para-hydroxylation sites is 1. The topological polar surface area (TPSA) is 49.3 Å². The van der Waals surface area contributed by atoms with Crippen LogP contribution in [0.4, 0.5) is 5.69 Å². The summed E-state index contributed by atoms with van der Waals surface area (Å²) in [7, 11) is 0. The summed E-state index contributed by atoms with van der Waals surface area (Å²) in [6.45, 7) is 0. The van der Waals surface area contributed by atoms with Gasteiger partial charge in [0.25, 0.3) is 5.91 Å². The number of fused-ring (bicyclic) bond motifs is 1. The molecule has 0 fully saturated rings. The Balaban J connectivity index is 2.19. The van der Waals surface area contributed by atoms with Gasteiger partial charge in [-0.15, -0.1) is 0 Å². The number of aliphatic hydroxyl groups is 1. The van der Waals surface area contributed by atoms with Gasteiger partial charge in [0.05, 0.1) is 5.69 Å². The summed E-state index contributed by atoms with van der Waals surface area (Å²) < 4.78 is 0. The van der Waals surface area contributed by atoms with Gasteiger partial charge in [0.15, 0.2) is 6.10 Å². The van der Waals surface area contributed by atoms with Crippen molar-refractivity contribution in [3.8, 4) is 11.1 Å². The van der Waals surface area contributed by atoms with Crippen LogP contribution in [0.5, 0.6) is 0 Å². The van der Waals surface area contributed by atoms with E-state index in [1.807, 2.05) is 42.5 Å². The summed E-state index contributed by atoms with van der Waals surface area (Å²) in [4.78, 5) is 11.5. The number of anilines is 1. The average molecular weight is 225 g/mol. The molecule has 0 aromatic heterocycles. The van der Waals surface area contributed by atoms with Gasteiger partial charge in [0.2, 0.25) is 0 Å². The second kappa shape index (κ2) is 3.71. The number of amides is 1. The molecule has 2 aromatic carbocycles. The molecule has 17 heavy (non-hydrogen) atoms. The Morgan fingerprint density at radius 3 is 2.53 bits per heavy atom. The van der Waals surface area contributed by atoms with Crippen molar-refractivity contribution in [3.05, 3.63) is 54.1 Å². The van der Waals surface area contributed by atoms with E-state index in [9.17, 15) is 9.90 Å². The van der Waals surface area contributed by atoms with Gasteiger partial charge in [0, 0.05) is 11.1 Å². The molecule has 1 amide bonds. The van der Waals surface area contributed by atoms with Crippen LogP contribution in [0, 0.1) is 0 Å². The van der Waals surface area contributed by atoms with Crippen LogP contribution in [0.15, 0.2) is 48.5 Å². The Kier molecular flexibility index (Phi) is 2.20. The standard InChI is InChI=1S/C14H11NO2/c16-13-11-8-4-7-10(12(11)15-14(13)17)9-5-2-1-3-6-9/h1-8,13,16H,(H,15,17). The van der Waals surface area contributed by atoms with Crippen LogP contribution in [-0.2, 0) is 4.79 Å².